The lowest BCUT2D eigenvalue weighted by Gasteiger charge is -2.39. The van der Waals surface area contributed by atoms with Gasteiger partial charge in [-0.1, -0.05) is 36.4 Å². The summed E-state index contributed by atoms with van der Waals surface area (Å²) in [5, 5.41) is 2.99. The molecule has 0 aliphatic heterocycles. The number of ether oxygens (including phenoxy) is 1. The molecule has 0 aliphatic rings. The minimum Gasteiger partial charge on any atom is -0.449 e. The Morgan fingerprint density at radius 2 is 1.20 bits per heavy atom. The minimum absolute atomic E-state index is 0.0331. The molecule has 16 heteroatoms. The molecule has 0 saturated heterocycles. The zero-order valence-corrected chi connectivity index (χ0v) is 16.7. The highest BCUT2D eigenvalue weighted by Gasteiger charge is 2.90. The molecule has 35 heavy (non-hydrogen) atoms. The van der Waals surface area contributed by atoms with Gasteiger partial charge in [-0.15, -0.1) is 0 Å². The van der Waals surface area contributed by atoms with E-state index in [0.29, 0.717) is 10.8 Å². The first kappa shape index (κ1) is 28.3. The van der Waals surface area contributed by atoms with E-state index in [1.165, 1.54) is 18.2 Å². The van der Waals surface area contributed by atoms with Crippen molar-refractivity contribution in [1.29, 1.82) is 0 Å². The van der Waals surface area contributed by atoms with Crippen molar-refractivity contribution in [1.82, 2.24) is 0 Å². The van der Waals surface area contributed by atoms with Gasteiger partial charge in [-0.3, -0.25) is 5.32 Å². The number of hydrogen-bond donors (Lipinski definition) is 1. The molecule has 0 fully saturated rings. The molecule has 0 aliphatic carbocycles. The minimum atomic E-state index is -7.97. The first-order valence-electron chi connectivity index (χ1n) is 9.08. The van der Waals surface area contributed by atoms with E-state index in [1.54, 1.807) is 24.3 Å². The molecule has 196 valence electrons. The van der Waals surface area contributed by atoms with E-state index in [0.717, 1.165) is 0 Å². The number of amides is 1. The summed E-state index contributed by atoms with van der Waals surface area (Å²) >= 11 is 0. The van der Waals surface area contributed by atoms with E-state index in [2.05, 4.69) is 4.74 Å². The van der Waals surface area contributed by atoms with Crippen molar-refractivity contribution >= 4 is 22.6 Å². The fourth-order valence-electron chi connectivity index (χ4n) is 2.71. The predicted molar refractivity (Wildman–Crippen MR) is 94.3 cm³/mol. The Balaban J connectivity index is 2.14. The second kappa shape index (κ2) is 8.93. The van der Waals surface area contributed by atoms with Gasteiger partial charge < -0.3 is 4.74 Å². The molecular weight excluding hydrogens is 521 g/mol. The van der Waals surface area contributed by atoms with Gasteiger partial charge in [-0.05, 0) is 11.5 Å². The summed E-state index contributed by atoms with van der Waals surface area (Å²) in [5.41, 5.74) is 0.0331. The Morgan fingerprint density at radius 3 is 1.77 bits per heavy atom. The summed E-state index contributed by atoms with van der Waals surface area (Å²) in [5.74, 6) is -37.4. The summed E-state index contributed by atoms with van der Waals surface area (Å²) < 4.78 is 174. The molecule has 2 aromatic rings. The fourth-order valence-corrected chi connectivity index (χ4v) is 2.71. The van der Waals surface area contributed by atoms with Crippen molar-refractivity contribution in [3.8, 4) is 0 Å². The lowest BCUT2D eigenvalue weighted by atomic mass is 9.93. The van der Waals surface area contributed by atoms with Crippen molar-refractivity contribution in [2.24, 2.45) is 0 Å². The van der Waals surface area contributed by atoms with Gasteiger partial charge in [0.1, 0.15) is 0 Å². The number of rotatable bonds is 8. The van der Waals surface area contributed by atoms with Crippen molar-refractivity contribution in [2.45, 2.75) is 42.2 Å². The molecule has 0 heterocycles. The molecule has 0 spiro atoms. The zero-order valence-electron chi connectivity index (χ0n) is 16.7. The number of nitrogens with one attached hydrogen (secondary N) is 1. The quantitative estimate of drug-likeness (QED) is 0.357. The van der Waals surface area contributed by atoms with Crippen LogP contribution in [-0.2, 0) is 4.74 Å². The molecule has 0 aromatic heterocycles. The fraction of sp³-hybridized carbons (Fsp3) is 0.421. The van der Waals surface area contributed by atoms with Gasteiger partial charge in [0.05, 0.1) is 18.7 Å². The van der Waals surface area contributed by atoms with Crippen LogP contribution < -0.4 is 5.32 Å². The second-order valence-electron chi connectivity index (χ2n) is 7.04. The Kier molecular flexibility index (Phi) is 7.22. The topological polar surface area (TPSA) is 38.3 Å². The van der Waals surface area contributed by atoms with Gasteiger partial charge in [-0.2, -0.15) is 57.1 Å². The third kappa shape index (κ3) is 4.78. The number of alkyl halides is 13. The molecule has 2 aromatic carbocycles. The van der Waals surface area contributed by atoms with Crippen LogP contribution in [0.25, 0.3) is 10.8 Å². The van der Waals surface area contributed by atoms with Crippen LogP contribution >= 0.6 is 0 Å². The Hall–Kier alpha value is -2.94. The number of carbonyl (C=O) groups is 1. The van der Waals surface area contributed by atoms with E-state index >= 15 is 0 Å². The Bertz CT molecular complexity index is 1060. The average molecular weight is 533 g/mol. The third-order valence-corrected chi connectivity index (χ3v) is 4.67. The van der Waals surface area contributed by atoms with Crippen LogP contribution in [0.4, 0.5) is 67.6 Å². The first-order chi connectivity index (χ1) is 15.7. The van der Waals surface area contributed by atoms with Crippen molar-refractivity contribution in [3.05, 3.63) is 42.5 Å². The summed E-state index contributed by atoms with van der Waals surface area (Å²) in [6.07, 6.45) is -11.7. The van der Waals surface area contributed by atoms with Crippen molar-refractivity contribution < 1.29 is 66.6 Å². The molecule has 1 N–H and O–H groups in total. The number of anilines is 1. The Labute approximate surface area is 186 Å². The van der Waals surface area contributed by atoms with E-state index in [4.69, 9.17) is 0 Å². The predicted octanol–water partition coefficient (Wildman–Crippen LogP) is 7.52. The van der Waals surface area contributed by atoms with Crippen molar-refractivity contribution in [3.63, 3.8) is 0 Å². The van der Waals surface area contributed by atoms with Crippen LogP contribution in [0.3, 0.4) is 0 Å². The molecule has 2 rings (SSSR count). The molecule has 3 nitrogen and oxygen atoms in total. The van der Waals surface area contributed by atoms with Crippen LogP contribution in [0, 0.1) is 0 Å². The van der Waals surface area contributed by atoms with E-state index in [-0.39, 0.29) is 5.69 Å². The molecule has 0 saturated carbocycles. The molecular formula is C19H12F13NO2. The number of benzene rings is 2. The lowest BCUT2D eigenvalue weighted by Crippen LogP contribution is -2.70. The maximum absolute atomic E-state index is 13.7. The Morgan fingerprint density at radius 1 is 0.686 bits per heavy atom. The SMILES string of the molecule is O=C(Nc1cccc2ccccc12)OCCC(F)(F)C(F)(F)C(F)(F)C(F)(F)C(F)(F)C(F)(F)F. The third-order valence-electron chi connectivity index (χ3n) is 4.67. The molecule has 0 radical (unpaired) electrons. The maximum atomic E-state index is 13.7. The molecule has 1 amide bonds. The number of carbonyl (C=O) groups excluding carboxylic acids is 1. The zero-order chi connectivity index (χ0) is 27.1. The van der Waals surface area contributed by atoms with Gasteiger partial charge >= 0.3 is 41.9 Å². The second-order valence-corrected chi connectivity index (χ2v) is 7.04. The summed E-state index contributed by atoms with van der Waals surface area (Å²) in [6, 6.07) is 10.6. The number of halogens is 13. The lowest BCUT2D eigenvalue weighted by molar-refractivity contribution is -0.440. The number of fused-ring (bicyclic) bond motifs is 1. The van der Waals surface area contributed by atoms with Gasteiger partial charge in [-0.25, -0.2) is 4.79 Å². The van der Waals surface area contributed by atoms with Crippen molar-refractivity contribution in [2.75, 3.05) is 11.9 Å². The molecule has 0 bridgehead atoms. The van der Waals surface area contributed by atoms with Crippen LogP contribution in [0.15, 0.2) is 42.5 Å². The highest BCUT2D eigenvalue weighted by Crippen LogP contribution is 2.60. The average Bonchev–Trinajstić information content (AvgIpc) is 2.72. The highest BCUT2D eigenvalue weighted by molar-refractivity contribution is 6.00. The molecule has 0 atom stereocenters. The monoisotopic (exact) mass is 533 g/mol. The summed E-state index contributed by atoms with van der Waals surface area (Å²) in [4.78, 5) is 11.7. The van der Waals surface area contributed by atoms with Crippen LogP contribution in [-0.4, -0.2) is 48.5 Å². The van der Waals surface area contributed by atoms with Gasteiger partial charge in [0.15, 0.2) is 0 Å². The van der Waals surface area contributed by atoms with E-state index in [1.807, 2.05) is 5.32 Å². The maximum Gasteiger partial charge on any atom is 0.460 e. The van der Waals surface area contributed by atoms with Gasteiger partial charge in [0.25, 0.3) is 0 Å². The van der Waals surface area contributed by atoms with E-state index in [9.17, 15) is 61.9 Å². The largest absolute Gasteiger partial charge is 0.460 e. The molecule has 0 unspecified atom stereocenters. The van der Waals surface area contributed by atoms with Crippen LogP contribution in [0.2, 0.25) is 0 Å². The number of hydrogen-bond acceptors (Lipinski definition) is 2. The summed E-state index contributed by atoms with van der Waals surface area (Å²) in [7, 11) is 0. The van der Waals surface area contributed by atoms with Crippen LogP contribution in [0.5, 0.6) is 0 Å². The van der Waals surface area contributed by atoms with E-state index < -0.39 is 54.9 Å². The standard InChI is InChI=1S/C19H12F13NO2/c20-14(21,15(22,23)16(24,25)17(26,27)18(28,29)19(30,31)32)8-9-35-13(34)33-12-7-3-5-10-4-1-2-6-11(10)12/h1-7H,8-9H2,(H,33,34). The van der Waals surface area contributed by atoms with Crippen LogP contribution in [0.1, 0.15) is 6.42 Å². The first-order valence-corrected chi connectivity index (χ1v) is 9.08. The van der Waals surface area contributed by atoms with Gasteiger partial charge in [0.2, 0.25) is 0 Å². The smallest absolute Gasteiger partial charge is 0.449 e. The highest BCUT2D eigenvalue weighted by atomic mass is 19.4. The normalized spacial score (nSPS) is 14.2. The van der Waals surface area contributed by atoms with Gasteiger partial charge in [0, 0.05) is 5.39 Å². The summed E-state index contributed by atoms with van der Waals surface area (Å²) in [6.45, 7) is -1.84.